The average Bonchev–Trinajstić information content (AvgIpc) is 2.33. The Kier molecular flexibility index (Phi) is 2.00. The fraction of sp³-hybridized carbons (Fsp3) is 0.750. The molecule has 4 nitrogen and oxygen atoms in total. The van der Waals surface area contributed by atoms with Gasteiger partial charge in [-0.15, -0.1) is 5.06 Å². The highest BCUT2D eigenvalue weighted by molar-refractivity contribution is 7.80. The Morgan fingerprint density at radius 2 is 2.00 bits per heavy atom. The van der Waals surface area contributed by atoms with Crippen molar-refractivity contribution in [2.24, 2.45) is 0 Å². The second-order valence-electron chi connectivity index (χ2n) is 3.54. The van der Waals surface area contributed by atoms with Gasteiger partial charge in [-0.1, -0.05) is 6.42 Å². The molecule has 1 spiro atoms. The minimum Gasteiger partial charge on any atom is -0.452 e. The van der Waals surface area contributed by atoms with Crippen LogP contribution in [0, 0.1) is 0 Å². The number of hydrogen-bond donors (Lipinski definition) is 1. The summed E-state index contributed by atoms with van der Waals surface area (Å²) in [5, 5.41) is 9.56. The van der Waals surface area contributed by atoms with Crippen molar-refractivity contribution in [2.75, 3.05) is 0 Å². The summed E-state index contributed by atoms with van der Waals surface area (Å²) < 4.78 is 5.27. The first-order valence-electron chi connectivity index (χ1n) is 4.42. The Balaban J connectivity index is 2.23. The van der Waals surface area contributed by atoms with Gasteiger partial charge >= 0.3 is 0 Å². The molecule has 1 saturated heterocycles. The normalized spacial score (nSPS) is 26.7. The molecular weight excluding hydrogens is 190 g/mol. The van der Waals surface area contributed by atoms with Gasteiger partial charge in [-0.25, -0.2) is 0 Å². The van der Waals surface area contributed by atoms with Gasteiger partial charge < -0.3 is 4.74 Å². The van der Waals surface area contributed by atoms with Gasteiger partial charge in [0.05, 0.1) is 0 Å². The Labute approximate surface area is 81.4 Å². The van der Waals surface area contributed by atoms with Gasteiger partial charge in [0.2, 0.25) is 0 Å². The number of nitrogens with zero attached hydrogens (tertiary/aromatic N) is 1. The zero-order valence-corrected chi connectivity index (χ0v) is 7.97. The van der Waals surface area contributed by atoms with Crippen LogP contribution in [0.3, 0.4) is 0 Å². The maximum absolute atomic E-state index is 11.6. The van der Waals surface area contributed by atoms with Crippen molar-refractivity contribution in [1.29, 1.82) is 0 Å². The summed E-state index contributed by atoms with van der Waals surface area (Å²) in [6.07, 6.45) is 4.38. The van der Waals surface area contributed by atoms with Crippen molar-refractivity contribution in [3.63, 3.8) is 0 Å². The predicted octanol–water partition coefficient (Wildman–Crippen LogP) is 1.22. The zero-order valence-electron chi connectivity index (χ0n) is 7.15. The summed E-state index contributed by atoms with van der Waals surface area (Å²) in [6, 6.07) is 0. The standard InChI is InChI=1S/C8H11NO3S/c10-6-8(4-2-1-3-5-8)12-7(13)9(6)11/h11H,1-5H2. The van der Waals surface area contributed by atoms with Crippen LogP contribution in [0.4, 0.5) is 0 Å². The molecule has 1 N–H and O–H groups in total. The summed E-state index contributed by atoms with van der Waals surface area (Å²) in [5.41, 5.74) is -0.829. The first-order valence-corrected chi connectivity index (χ1v) is 4.83. The van der Waals surface area contributed by atoms with Crippen molar-refractivity contribution in [1.82, 2.24) is 5.06 Å². The second kappa shape index (κ2) is 2.92. The maximum Gasteiger partial charge on any atom is 0.298 e. The number of carbonyl (C=O) groups is 1. The lowest BCUT2D eigenvalue weighted by Gasteiger charge is -2.28. The number of ether oxygens (including phenoxy) is 1. The Hall–Kier alpha value is -0.680. The minimum atomic E-state index is -0.829. The monoisotopic (exact) mass is 201 g/mol. The summed E-state index contributed by atoms with van der Waals surface area (Å²) in [4.78, 5) is 11.6. The molecule has 2 rings (SSSR count). The highest BCUT2D eigenvalue weighted by Gasteiger charge is 2.52. The van der Waals surface area contributed by atoms with Crippen LogP contribution in [-0.4, -0.2) is 27.0 Å². The van der Waals surface area contributed by atoms with Gasteiger partial charge in [0.1, 0.15) is 0 Å². The molecule has 1 saturated carbocycles. The molecule has 0 atom stereocenters. The van der Waals surface area contributed by atoms with Crippen molar-refractivity contribution < 1.29 is 14.7 Å². The quantitative estimate of drug-likeness (QED) is 0.473. The molecule has 1 aliphatic heterocycles. The van der Waals surface area contributed by atoms with E-state index < -0.39 is 11.5 Å². The van der Waals surface area contributed by atoms with Crippen LogP contribution < -0.4 is 0 Å². The predicted molar refractivity (Wildman–Crippen MR) is 48.1 cm³/mol. The van der Waals surface area contributed by atoms with Gasteiger partial charge in [-0.3, -0.25) is 10.0 Å². The number of hydroxylamine groups is 2. The third-order valence-electron chi connectivity index (χ3n) is 2.70. The fourth-order valence-corrected chi connectivity index (χ4v) is 2.21. The molecule has 2 fully saturated rings. The molecule has 0 radical (unpaired) electrons. The van der Waals surface area contributed by atoms with Crippen LogP contribution in [0.2, 0.25) is 0 Å². The summed E-state index contributed by atoms with van der Waals surface area (Å²) in [6.45, 7) is 0. The molecule has 0 aromatic carbocycles. The lowest BCUT2D eigenvalue weighted by Crippen LogP contribution is -2.41. The largest absolute Gasteiger partial charge is 0.452 e. The fourth-order valence-electron chi connectivity index (χ4n) is 1.97. The number of amides is 1. The van der Waals surface area contributed by atoms with Crippen LogP contribution in [0.15, 0.2) is 0 Å². The van der Waals surface area contributed by atoms with E-state index in [1.165, 1.54) is 0 Å². The van der Waals surface area contributed by atoms with E-state index in [0.717, 1.165) is 19.3 Å². The molecule has 1 heterocycles. The molecule has 0 bridgehead atoms. The van der Waals surface area contributed by atoms with Crippen LogP contribution in [0.5, 0.6) is 0 Å². The smallest absolute Gasteiger partial charge is 0.298 e. The van der Waals surface area contributed by atoms with Gasteiger partial charge in [0.25, 0.3) is 11.1 Å². The number of rotatable bonds is 0. The molecule has 2 aliphatic rings. The van der Waals surface area contributed by atoms with Crippen molar-refractivity contribution in [2.45, 2.75) is 37.7 Å². The third kappa shape index (κ3) is 1.23. The van der Waals surface area contributed by atoms with E-state index in [0.29, 0.717) is 17.9 Å². The number of carbonyl (C=O) groups excluding carboxylic acids is 1. The summed E-state index contributed by atoms with van der Waals surface area (Å²) in [7, 11) is 0. The maximum atomic E-state index is 11.6. The van der Waals surface area contributed by atoms with Gasteiger partial charge in [-0.2, -0.15) is 0 Å². The molecule has 1 amide bonds. The molecule has 0 aromatic rings. The molecule has 72 valence electrons. The van der Waals surface area contributed by atoms with E-state index in [1.54, 1.807) is 0 Å². The van der Waals surface area contributed by atoms with Crippen LogP contribution in [0.25, 0.3) is 0 Å². The molecule has 13 heavy (non-hydrogen) atoms. The van der Waals surface area contributed by atoms with E-state index >= 15 is 0 Å². The van der Waals surface area contributed by atoms with Crippen LogP contribution in [-0.2, 0) is 9.53 Å². The Bertz CT molecular complexity index is 260. The lowest BCUT2D eigenvalue weighted by atomic mass is 9.84. The van der Waals surface area contributed by atoms with Gasteiger partial charge in [0.15, 0.2) is 5.60 Å². The molecule has 0 aromatic heterocycles. The van der Waals surface area contributed by atoms with Crippen LogP contribution in [0.1, 0.15) is 32.1 Å². The summed E-state index contributed by atoms with van der Waals surface area (Å²) >= 11 is 4.71. The molecule has 1 aliphatic carbocycles. The van der Waals surface area contributed by atoms with Crippen molar-refractivity contribution in [3.8, 4) is 0 Å². The van der Waals surface area contributed by atoms with E-state index in [1.807, 2.05) is 0 Å². The Morgan fingerprint density at radius 3 is 2.46 bits per heavy atom. The van der Waals surface area contributed by atoms with E-state index in [-0.39, 0.29) is 5.17 Å². The van der Waals surface area contributed by atoms with E-state index in [4.69, 9.17) is 17.0 Å². The third-order valence-corrected chi connectivity index (χ3v) is 2.96. The van der Waals surface area contributed by atoms with Gasteiger partial charge in [0, 0.05) is 0 Å². The lowest BCUT2D eigenvalue weighted by molar-refractivity contribution is -0.155. The second-order valence-corrected chi connectivity index (χ2v) is 3.89. The molecular formula is C8H11NO3S. The Morgan fingerprint density at radius 1 is 1.38 bits per heavy atom. The average molecular weight is 201 g/mol. The highest BCUT2D eigenvalue weighted by atomic mass is 32.1. The van der Waals surface area contributed by atoms with Gasteiger partial charge in [-0.05, 0) is 37.9 Å². The summed E-state index contributed by atoms with van der Waals surface area (Å²) in [5.74, 6) is -0.391. The van der Waals surface area contributed by atoms with E-state index in [2.05, 4.69) is 0 Å². The van der Waals surface area contributed by atoms with Crippen LogP contribution >= 0.6 is 12.2 Å². The number of hydrogen-bond acceptors (Lipinski definition) is 4. The zero-order chi connectivity index (χ0) is 9.47. The molecule has 5 heteroatoms. The van der Waals surface area contributed by atoms with Crippen molar-refractivity contribution >= 4 is 23.3 Å². The first kappa shape index (κ1) is 8.90. The topological polar surface area (TPSA) is 49.8 Å². The molecule has 0 unspecified atom stereocenters. The number of thiocarbonyl (C=S) groups is 1. The highest BCUT2D eigenvalue weighted by Crippen LogP contribution is 2.37. The minimum absolute atomic E-state index is 0.105. The first-order chi connectivity index (χ1) is 6.16. The van der Waals surface area contributed by atoms with Crippen molar-refractivity contribution in [3.05, 3.63) is 0 Å². The van der Waals surface area contributed by atoms with E-state index in [9.17, 15) is 10.0 Å². The SMILES string of the molecule is O=C1N(O)C(=S)OC12CCCCC2.